The van der Waals surface area contributed by atoms with Crippen molar-refractivity contribution in [1.82, 2.24) is 0 Å². The molecular weight excluding hydrogens is 438 g/mol. The molecule has 0 aromatic heterocycles. The molecule has 0 spiro atoms. The number of amides is 1. The molecule has 174 valence electrons. The second-order valence-corrected chi connectivity index (χ2v) is 7.10. The third kappa shape index (κ3) is 5.77. The van der Waals surface area contributed by atoms with E-state index in [1.54, 1.807) is 61.5 Å². The van der Waals surface area contributed by atoms with Gasteiger partial charge in [0.25, 0.3) is 5.91 Å². The van der Waals surface area contributed by atoms with Crippen LogP contribution in [0.1, 0.15) is 33.2 Å². The quantitative estimate of drug-likeness (QED) is 0.216. The fourth-order valence-electron chi connectivity index (χ4n) is 3.22. The van der Waals surface area contributed by atoms with Crippen LogP contribution in [0.5, 0.6) is 5.75 Å². The van der Waals surface area contributed by atoms with Gasteiger partial charge in [-0.25, -0.2) is 9.59 Å². The largest absolute Gasteiger partial charge is 0.482 e. The lowest BCUT2D eigenvalue weighted by molar-refractivity contribution is -0.145. The van der Waals surface area contributed by atoms with E-state index >= 15 is 0 Å². The molecule has 3 aromatic carbocycles. The average Bonchev–Trinajstić information content (AvgIpc) is 2.83. The number of carboxylic acids is 1. The number of rotatable bonds is 9. The van der Waals surface area contributed by atoms with Gasteiger partial charge >= 0.3 is 11.9 Å². The van der Waals surface area contributed by atoms with Gasteiger partial charge in [0.05, 0.1) is 17.7 Å². The zero-order valence-electron chi connectivity index (χ0n) is 18.3. The minimum Gasteiger partial charge on any atom is -0.482 e. The van der Waals surface area contributed by atoms with Crippen molar-refractivity contribution in [3.05, 3.63) is 83.4 Å². The first kappa shape index (κ1) is 24.0. The number of aromatic carboxylic acids is 1. The number of ether oxygens (including phenoxy) is 2. The normalized spacial score (nSPS) is 10.3. The zero-order chi connectivity index (χ0) is 24.7. The number of carbonyl (C=O) groups excluding carboxylic acids is 2. The van der Waals surface area contributed by atoms with E-state index in [1.165, 1.54) is 12.1 Å². The third-order valence-corrected chi connectivity index (χ3v) is 4.80. The Kier molecular flexibility index (Phi) is 7.60. The average molecular weight is 461 g/mol. The van der Waals surface area contributed by atoms with Crippen molar-refractivity contribution in [2.24, 2.45) is 5.73 Å². The molecule has 5 N–H and O–H groups in total. The highest BCUT2D eigenvalue weighted by Gasteiger charge is 2.19. The van der Waals surface area contributed by atoms with Gasteiger partial charge in [-0.1, -0.05) is 18.2 Å². The number of hydrogen-bond acceptors (Lipinski definition) is 6. The Morgan fingerprint density at radius 1 is 0.971 bits per heavy atom. The monoisotopic (exact) mass is 461 g/mol. The van der Waals surface area contributed by atoms with Crippen molar-refractivity contribution in [3.63, 3.8) is 0 Å². The maximum absolute atomic E-state index is 13.2. The van der Waals surface area contributed by atoms with Gasteiger partial charge < -0.3 is 25.6 Å². The lowest BCUT2D eigenvalue weighted by Crippen LogP contribution is -2.16. The number of amidine groups is 1. The minimum atomic E-state index is -1.13. The fourth-order valence-corrected chi connectivity index (χ4v) is 3.22. The molecule has 9 heteroatoms. The van der Waals surface area contributed by atoms with Gasteiger partial charge in [-0.2, -0.15) is 0 Å². The Morgan fingerprint density at radius 2 is 1.65 bits per heavy atom. The standard InChI is InChI=1S/C25H23N3O6/c1-2-33-22(29)14-34-17-11-12-19(18-5-3-4-6-20(18)25(31)32)21(13-17)24(30)28-16-9-7-15(8-10-16)23(26)27/h3-13H,2,14H2,1H3,(H3,26,27)(H,28,30)(H,31,32). The zero-order valence-corrected chi connectivity index (χ0v) is 18.3. The Bertz CT molecular complexity index is 1240. The highest BCUT2D eigenvalue weighted by Crippen LogP contribution is 2.31. The summed E-state index contributed by atoms with van der Waals surface area (Å²) in [6, 6.07) is 17.3. The highest BCUT2D eigenvalue weighted by atomic mass is 16.6. The number of nitrogens with one attached hydrogen (secondary N) is 2. The van der Waals surface area contributed by atoms with Crippen LogP contribution in [0, 0.1) is 5.41 Å². The van der Waals surface area contributed by atoms with Crippen LogP contribution < -0.4 is 15.8 Å². The van der Waals surface area contributed by atoms with E-state index in [2.05, 4.69) is 5.32 Å². The number of carboxylic acid groups (broad SMARTS) is 1. The highest BCUT2D eigenvalue weighted by molar-refractivity contribution is 6.10. The third-order valence-electron chi connectivity index (χ3n) is 4.80. The van der Waals surface area contributed by atoms with Gasteiger partial charge in [0.2, 0.25) is 0 Å². The Hall–Kier alpha value is -4.66. The van der Waals surface area contributed by atoms with Crippen LogP contribution in [0.4, 0.5) is 5.69 Å². The van der Waals surface area contributed by atoms with Gasteiger partial charge in [-0.05, 0) is 66.6 Å². The van der Waals surface area contributed by atoms with Crippen molar-refractivity contribution in [2.75, 3.05) is 18.5 Å². The van der Waals surface area contributed by atoms with Gasteiger partial charge in [-0.3, -0.25) is 10.2 Å². The molecule has 0 aliphatic carbocycles. The van der Waals surface area contributed by atoms with E-state index in [-0.39, 0.29) is 35.9 Å². The van der Waals surface area contributed by atoms with Crippen LogP contribution in [-0.4, -0.2) is 42.0 Å². The summed E-state index contributed by atoms with van der Waals surface area (Å²) in [5.74, 6) is -2.07. The first-order valence-corrected chi connectivity index (χ1v) is 10.3. The first-order valence-electron chi connectivity index (χ1n) is 10.3. The number of benzene rings is 3. The molecule has 34 heavy (non-hydrogen) atoms. The van der Waals surface area contributed by atoms with Crippen molar-refractivity contribution < 1.29 is 29.0 Å². The summed E-state index contributed by atoms with van der Waals surface area (Å²) in [6.07, 6.45) is 0. The van der Waals surface area contributed by atoms with Crippen molar-refractivity contribution in [3.8, 4) is 16.9 Å². The summed E-state index contributed by atoms with van der Waals surface area (Å²) < 4.78 is 10.3. The van der Waals surface area contributed by atoms with Crippen LogP contribution in [0.3, 0.4) is 0 Å². The summed E-state index contributed by atoms with van der Waals surface area (Å²) in [5, 5.41) is 19.8. The fraction of sp³-hybridized carbons (Fsp3) is 0.120. The molecule has 0 unspecified atom stereocenters. The SMILES string of the molecule is CCOC(=O)COc1ccc(-c2ccccc2C(=O)O)c(C(=O)Nc2ccc(C(=N)N)cc2)c1. The summed E-state index contributed by atoms with van der Waals surface area (Å²) in [7, 11) is 0. The van der Waals surface area contributed by atoms with E-state index in [0.29, 0.717) is 22.4 Å². The molecule has 0 atom stereocenters. The minimum absolute atomic E-state index is 0.0301. The molecule has 0 aliphatic rings. The second kappa shape index (κ2) is 10.8. The molecule has 3 aromatic rings. The molecule has 0 radical (unpaired) electrons. The molecule has 0 saturated carbocycles. The summed E-state index contributed by atoms with van der Waals surface area (Å²) >= 11 is 0. The summed E-state index contributed by atoms with van der Waals surface area (Å²) in [6.45, 7) is 1.55. The van der Waals surface area contributed by atoms with Crippen LogP contribution in [0.15, 0.2) is 66.7 Å². The molecule has 3 rings (SSSR count). The summed E-state index contributed by atoms with van der Waals surface area (Å²) in [5.41, 5.74) is 7.32. The van der Waals surface area contributed by atoms with Gasteiger partial charge in [0, 0.05) is 11.3 Å². The molecule has 0 bridgehead atoms. The summed E-state index contributed by atoms with van der Waals surface area (Å²) in [4.78, 5) is 36.6. The lowest BCUT2D eigenvalue weighted by atomic mass is 9.94. The van der Waals surface area contributed by atoms with Crippen LogP contribution in [0.25, 0.3) is 11.1 Å². The van der Waals surface area contributed by atoms with Crippen molar-refractivity contribution in [1.29, 1.82) is 5.41 Å². The van der Waals surface area contributed by atoms with Crippen LogP contribution in [0.2, 0.25) is 0 Å². The van der Waals surface area contributed by atoms with E-state index < -0.39 is 17.8 Å². The number of esters is 1. The van der Waals surface area contributed by atoms with Crippen LogP contribution in [-0.2, 0) is 9.53 Å². The molecule has 0 heterocycles. The molecular formula is C25H23N3O6. The van der Waals surface area contributed by atoms with E-state index in [0.717, 1.165) is 0 Å². The van der Waals surface area contributed by atoms with Crippen molar-refractivity contribution in [2.45, 2.75) is 6.92 Å². The maximum Gasteiger partial charge on any atom is 0.344 e. The van der Waals surface area contributed by atoms with Gasteiger partial charge in [0.1, 0.15) is 11.6 Å². The number of hydrogen-bond donors (Lipinski definition) is 4. The Labute approximate surface area is 195 Å². The van der Waals surface area contributed by atoms with E-state index in [1.807, 2.05) is 0 Å². The van der Waals surface area contributed by atoms with Gasteiger partial charge in [0.15, 0.2) is 6.61 Å². The smallest absolute Gasteiger partial charge is 0.344 e. The van der Waals surface area contributed by atoms with Gasteiger partial charge in [-0.15, -0.1) is 0 Å². The van der Waals surface area contributed by atoms with Crippen molar-refractivity contribution >= 4 is 29.4 Å². The predicted octanol–water partition coefficient (Wildman–Crippen LogP) is 3.53. The predicted molar refractivity (Wildman–Crippen MR) is 126 cm³/mol. The molecule has 0 saturated heterocycles. The maximum atomic E-state index is 13.2. The molecule has 0 aliphatic heterocycles. The number of carbonyl (C=O) groups is 3. The van der Waals surface area contributed by atoms with Crippen LogP contribution >= 0.6 is 0 Å². The Balaban J connectivity index is 1.99. The number of nitrogen functional groups attached to an aromatic ring is 1. The number of anilines is 1. The second-order valence-electron chi connectivity index (χ2n) is 7.10. The topological polar surface area (TPSA) is 152 Å². The Morgan fingerprint density at radius 3 is 2.29 bits per heavy atom. The number of nitrogens with two attached hydrogens (primary N) is 1. The molecule has 9 nitrogen and oxygen atoms in total. The van der Waals surface area contributed by atoms with E-state index in [4.69, 9.17) is 20.6 Å². The van der Waals surface area contributed by atoms with E-state index in [9.17, 15) is 19.5 Å². The molecule has 1 amide bonds. The molecule has 0 fully saturated rings. The first-order chi connectivity index (χ1) is 16.3. The lowest BCUT2D eigenvalue weighted by Gasteiger charge is -2.15.